The van der Waals surface area contributed by atoms with Crippen LogP contribution >= 0.6 is 11.6 Å². The van der Waals surface area contributed by atoms with Crippen molar-refractivity contribution in [2.75, 3.05) is 5.73 Å². The zero-order valence-corrected chi connectivity index (χ0v) is 10.8. The lowest BCUT2D eigenvalue weighted by atomic mass is 10.2. The number of nitrogen functional groups attached to an aromatic ring is 1. The van der Waals surface area contributed by atoms with E-state index in [2.05, 4.69) is 0 Å². The van der Waals surface area contributed by atoms with Gasteiger partial charge in [0, 0.05) is 12.1 Å². The van der Waals surface area contributed by atoms with Crippen molar-refractivity contribution in [1.82, 2.24) is 0 Å². The average Bonchev–Trinajstić information content (AvgIpc) is 2.32. The molecular formula is C13H11ClN2O3. The van der Waals surface area contributed by atoms with Crippen molar-refractivity contribution in [3.8, 4) is 11.5 Å². The summed E-state index contributed by atoms with van der Waals surface area (Å²) in [4.78, 5) is 10.1. The molecule has 0 saturated carbocycles. The molecule has 0 spiro atoms. The third kappa shape index (κ3) is 2.95. The normalized spacial score (nSPS) is 10.2. The number of halogens is 1. The lowest BCUT2D eigenvalue weighted by Gasteiger charge is -2.08. The van der Waals surface area contributed by atoms with Gasteiger partial charge in [-0.1, -0.05) is 17.7 Å². The highest BCUT2D eigenvalue weighted by molar-refractivity contribution is 6.32. The van der Waals surface area contributed by atoms with Crippen LogP contribution in [-0.4, -0.2) is 4.92 Å². The highest BCUT2D eigenvalue weighted by Crippen LogP contribution is 2.33. The molecule has 0 fully saturated rings. The molecule has 0 bridgehead atoms. The lowest BCUT2D eigenvalue weighted by Crippen LogP contribution is -1.96. The number of nitro groups is 1. The van der Waals surface area contributed by atoms with E-state index in [0.29, 0.717) is 16.5 Å². The van der Waals surface area contributed by atoms with Crippen LogP contribution in [0.2, 0.25) is 5.02 Å². The average molecular weight is 279 g/mol. The Morgan fingerprint density at radius 1 is 1.26 bits per heavy atom. The second-order valence-corrected chi connectivity index (χ2v) is 4.42. The molecule has 19 heavy (non-hydrogen) atoms. The Morgan fingerprint density at radius 2 is 2.00 bits per heavy atom. The standard InChI is InChI=1S/C13H11ClN2O3/c1-8-2-5-13(10(14)6-8)19-9-3-4-12(16(17)18)11(15)7-9/h2-7H,15H2,1H3. The maximum absolute atomic E-state index is 10.6. The summed E-state index contributed by atoms with van der Waals surface area (Å²) in [5.41, 5.74) is 6.49. The van der Waals surface area contributed by atoms with Crippen LogP contribution in [0, 0.1) is 17.0 Å². The molecule has 0 amide bonds. The maximum Gasteiger partial charge on any atom is 0.292 e. The van der Waals surface area contributed by atoms with Gasteiger partial charge in [-0.05, 0) is 30.7 Å². The van der Waals surface area contributed by atoms with E-state index < -0.39 is 4.92 Å². The van der Waals surface area contributed by atoms with E-state index >= 15 is 0 Å². The van der Waals surface area contributed by atoms with E-state index in [-0.39, 0.29) is 11.4 Å². The third-order valence-electron chi connectivity index (χ3n) is 2.51. The summed E-state index contributed by atoms with van der Waals surface area (Å²) in [5, 5.41) is 11.1. The van der Waals surface area contributed by atoms with Crippen LogP contribution in [0.3, 0.4) is 0 Å². The second kappa shape index (κ2) is 5.16. The number of ether oxygens (including phenoxy) is 1. The van der Waals surface area contributed by atoms with Gasteiger partial charge in [0.05, 0.1) is 9.95 Å². The molecule has 0 atom stereocenters. The largest absolute Gasteiger partial charge is 0.456 e. The van der Waals surface area contributed by atoms with Gasteiger partial charge in [-0.2, -0.15) is 0 Å². The minimum Gasteiger partial charge on any atom is -0.456 e. The zero-order chi connectivity index (χ0) is 14.0. The summed E-state index contributed by atoms with van der Waals surface area (Å²) >= 11 is 6.04. The molecule has 98 valence electrons. The summed E-state index contributed by atoms with van der Waals surface area (Å²) in [7, 11) is 0. The van der Waals surface area contributed by atoms with Gasteiger partial charge in [-0.15, -0.1) is 0 Å². The minimum atomic E-state index is -0.544. The van der Waals surface area contributed by atoms with Crippen LogP contribution in [0.4, 0.5) is 11.4 Å². The number of nitrogens with zero attached hydrogens (tertiary/aromatic N) is 1. The Labute approximate surface area is 114 Å². The molecule has 2 aromatic carbocycles. The molecular weight excluding hydrogens is 268 g/mol. The van der Waals surface area contributed by atoms with Crippen molar-refractivity contribution in [3.63, 3.8) is 0 Å². The third-order valence-corrected chi connectivity index (χ3v) is 2.81. The van der Waals surface area contributed by atoms with Gasteiger partial charge < -0.3 is 10.5 Å². The van der Waals surface area contributed by atoms with Crippen LogP contribution in [0.25, 0.3) is 0 Å². The van der Waals surface area contributed by atoms with Crippen LogP contribution in [-0.2, 0) is 0 Å². The molecule has 0 radical (unpaired) electrons. The Balaban J connectivity index is 2.29. The van der Waals surface area contributed by atoms with Crippen LogP contribution in [0.1, 0.15) is 5.56 Å². The van der Waals surface area contributed by atoms with Crippen LogP contribution < -0.4 is 10.5 Å². The first-order chi connectivity index (χ1) is 8.97. The quantitative estimate of drug-likeness (QED) is 0.524. The first kappa shape index (κ1) is 13.2. The number of anilines is 1. The van der Waals surface area contributed by atoms with Crippen molar-refractivity contribution >= 4 is 23.0 Å². The van der Waals surface area contributed by atoms with E-state index in [4.69, 9.17) is 22.1 Å². The van der Waals surface area contributed by atoms with Gasteiger partial charge in [0.15, 0.2) is 0 Å². The SMILES string of the molecule is Cc1ccc(Oc2ccc([N+](=O)[O-])c(N)c2)c(Cl)c1. The summed E-state index contributed by atoms with van der Waals surface area (Å²) in [6.07, 6.45) is 0. The number of nitro benzene ring substituents is 1. The first-order valence-corrected chi connectivity index (χ1v) is 5.83. The predicted molar refractivity (Wildman–Crippen MR) is 73.8 cm³/mol. The summed E-state index contributed by atoms with van der Waals surface area (Å²) in [6, 6.07) is 9.53. The summed E-state index contributed by atoms with van der Waals surface area (Å²) < 4.78 is 5.55. The van der Waals surface area contributed by atoms with E-state index in [0.717, 1.165) is 5.56 Å². The highest BCUT2D eigenvalue weighted by atomic mass is 35.5. The monoisotopic (exact) mass is 278 g/mol. The van der Waals surface area contributed by atoms with Crippen LogP contribution in [0.5, 0.6) is 11.5 Å². The van der Waals surface area contributed by atoms with Crippen molar-refractivity contribution in [3.05, 3.63) is 57.1 Å². The maximum atomic E-state index is 10.6. The fraction of sp³-hybridized carbons (Fsp3) is 0.0769. The molecule has 2 rings (SSSR count). The van der Waals surface area contributed by atoms with Crippen molar-refractivity contribution in [2.24, 2.45) is 0 Å². The minimum absolute atomic E-state index is 0.0470. The number of nitrogens with two attached hydrogens (primary N) is 1. The van der Waals surface area contributed by atoms with Crippen molar-refractivity contribution in [2.45, 2.75) is 6.92 Å². The Kier molecular flexibility index (Phi) is 3.57. The zero-order valence-electron chi connectivity index (χ0n) is 10.1. The molecule has 5 nitrogen and oxygen atoms in total. The van der Waals surface area contributed by atoms with Crippen molar-refractivity contribution in [1.29, 1.82) is 0 Å². The Morgan fingerprint density at radius 3 is 2.58 bits per heavy atom. The molecule has 2 aromatic rings. The van der Waals surface area contributed by atoms with Gasteiger partial charge in [0.2, 0.25) is 0 Å². The fourth-order valence-corrected chi connectivity index (χ4v) is 1.85. The summed E-state index contributed by atoms with van der Waals surface area (Å²) in [5.74, 6) is 0.870. The molecule has 0 aromatic heterocycles. The van der Waals surface area contributed by atoms with Gasteiger partial charge in [-0.3, -0.25) is 10.1 Å². The molecule has 0 aliphatic rings. The smallest absolute Gasteiger partial charge is 0.292 e. The highest BCUT2D eigenvalue weighted by Gasteiger charge is 2.12. The first-order valence-electron chi connectivity index (χ1n) is 5.45. The molecule has 0 heterocycles. The van der Waals surface area contributed by atoms with E-state index in [9.17, 15) is 10.1 Å². The van der Waals surface area contributed by atoms with Crippen molar-refractivity contribution < 1.29 is 9.66 Å². The number of rotatable bonds is 3. The molecule has 2 N–H and O–H groups in total. The Hall–Kier alpha value is -2.27. The van der Waals surface area contributed by atoms with E-state index in [1.165, 1.54) is 18.2 Å². The van der Waals surface area contributed by atoms with Gasteiger partial charge in [0.25, 0.3) is 5.69 Å². The molecule has 0 aliphatic heterocycles. The molecule has 0 unspecified atom stereocenters. The fourth-order valence-electron chi connectivity index (χ4n) is 1.58. The number of hydrogen-bond acceptors (Lipinski definition) is 4. The predicted octanol–water partition coefficient (Wildman–Crippen LogP) is 3.93. The topological polar surface area (TPSA) is 78.4 Å². The van der Waals surface area contributed by atoms with E-state index in [1.807, 2.05) is 13.0 Å². The number of benzene rings is 2. The van der Waals surface area contributed by atoms with Gasteiger partial charge in [0.1, 0.15) is 17.2 Å². The van der Waals surface area contributed by atoms with E-state index in [1.54, 1.807) is 12.1 Å². The Bertz CT molecular complexity index is 644. The lowest BCUT2D eigenvalue weighted by molar-refractivity contribution is -0.383. The molecule has 0 aliphatic carbocycles. The molecule has 0 saturated heterocycles. The molecule has 6 heteroatoms. The van der Waals surface area contributed by atoms with Gasteiger partial charge in [-0.25, -0.2) is 0 Å². The van der Waals surface area contributed by atoms with Crippen LogP contribution in [0.15, 0.2) is 36.4 Å². The second-order valence-electron chi connectivity index (χ2n) is 4.01. The number of hydrogen-bond donors (Lipinski definition) is 1. The van der Waals surface area contributed by atoms with Gasteiger partial charge >= 0.3 is 0 Å². The number of aryl methyl sites for hydroxylation is 1. The summed E-state index contributed by atoms with van der Waals surface area (Å²) in [6.45, 7) is 1.92.